The molecule has 98 valence electrons. The monoisotopic (exact) mass is 259 g/mol. The zero-order valence-electron chi connectivity index (χ0n) is 10.1. The third kappa shape index (κ3) is 3.15. The summed E-state index contributed by atoms with van der Waals surface area (Å²) in [5.41, 5.74) is 6.92. The first-order valence-corrected chi connectivity index (χ1v) is 5.67. The molecular formula is C12H13N5O2. The van der Waals surface area contributed by atoms with Gasteiger partial charge in [0.15, 0.2) is 0 Å². The summed E-state index contributed by atoms with van der Waals surface area (Å²) in [6.45, 7) is 0.267. The number of amides is 1. The van der Waals surface area contributed by atoms with Crippen LogP contribution in [0.2, 0.25) is 0 Å². The van der Waals surface area contributed by atoms with Gasteiger partial charge in [0.2, 0.25) is 0 Å². The van der Waals surface area contributed by atoms with Gasteiger partial charge in [-0.1, -0.05) is 17.3 Å². The number of benzene rings is 1. The number of para-hydroxylation sites is 2. The minimum atomic E-state index is -0.344. The maximum Gasteiger partial charge on any atom is 0.271 e. The predicted octanol–water partition coefficient (Wildman–Crippen LogP) is 0.496. The van der Waals surface area contributed by atoms with Crippen LogP contribution >= 0.6 is 0 Å². The summed E-state index contributed by atoms with van der Waals surface area (Å²) in [4.78, 5) is 20.2. The van der Waals surface area contributed by atoms with E-state index in [-0.39, 0.29) is 30.4 Å². The number of nitrogens with two attached hydrogens (primary N) is 1. The van der Waals surface area contributed by atoms with Crippen LogP contribution in [0.15, 0.2) is 35.6 Å². The van der Waals surface area contributed by atoms with Gasteiger partial charge in [0, 0.05) is 13.0 Å². The number of carbonyl (C=O) groups excluding carboxylic acids is 1. The number of amidine groups is 1. The van der Waals surface area contributed by atoms with Crippen molar-refractivity contribution in [3.05, 3.63) is 36.2 Å². The fourth-order valence-electron chi connectivity index (χ4n) is 1.51. The van der Waals surface area contributed by atoms with Gasteiger partial charge in [0.1, 0.15) is 11.5 Å². The minimum absolute atomic E-state index is 0.0601. The van der Waals surface area contributed by atoms with E-state index in [0.29, 0.717) is 5.52 Å². The molecule has 0 aliphatic carbocycles. The van der Waals surface area contributed by atoms with Crippen LogP contribution in [0.5, 0.6) is 0 Å². The SMILES string of the molecule is N/C(CCNC(=O)c1cnc2ccccc2n1)=N/O. The first-order chi connectivity index (χ1) is 9.20. The summed E-state index contributed by atoms with van der Waals surface area (Å²) in [6, 6.07) is 7.29. The zero-order valence-corrected chi connectivity index (χ0v) is 10.1. The van der Waals surface area contributed by atoms with E-state index in [1.54, 1.807) is 6.07 Å². The first-order valence-electron chi connectivity index (χ1n) is 5.67. The average molecular weight is 259 g/mol. The van der Waals surface area contributed by atoms with Crippen LogP contribution in [0.25, 0.3) is 11.0 Å². The fraction of sp³-hybridized carbons (Fsp3) is 0.167. The maximum absolute atomic E-state index is 11.8. The molecule has 0 aliphatic heterocycles. The van der Waals surface area contributed by atoms with Crippen LogP contribution < -0.4 is 11.1 Å². The van der Waals surface area contributed by atoms with Crippen molar-refractivity contribution in [3.63, 3.8) is 0 Å². The highest BCUT2D eigenvalue weighted by molar-refractivity contribution is 5.94. The van der Waals surface area contributed by atoms with E-state index in [1.807, 2.05) is 18.2 Å². The molecule has 1 heterocycles. The Morgan fingerprint density at radius 3 is 2.84 bits per heavy atom. The molecule has 0 spiro atoms. The lowest BCUT2D eigenvalue weighted by Gasteiger charge is -2.04. The molecule has 0 aliphatic rings. The van der Waals surface area contributed by atoms with Crippen LogP contribution in [-0.2, 0) is 0 Å². The number of oxime groups is 1. The van der Waals surface area contributed by atoms with Gasteiger partial charge in [-0.15, -0.1) is 0 Å². The quantitative estimate of drug-likeness (QED) is 0.320. The van der Waals surface area contributed by atoms with Gasteiger partial charge in [0.25, 0.3) is 5.91 Å². The molecule has 0 unspecified atom stereocenters. The number of nitrogens with zero attached hydrogens (tertiary/aromatic N) is 3. The van der Waals surface area contributed by atoms with E-state index in [2.05, 4.69) is 20.4 Å². The van der Waals surface area contributed by atoms with Crippen LogP contribution in [0, 0.1) is 0 Å². The zero-order chi connectivity index (χ0) is 13.7. The van der Waals surface area contributed by atoms with E-state index in [1.165, 1.54) is 6.20 Å². The minimum Gasteiger partial charge on any atom is -0.409 e. The smallest absolute Gasteiger partial charge is 0.271 e. The molecule has 0 fully saturated rings. The second-order valence-corrected chi connectivity index (χ2v) is 3.84. The number of hydrogen-bond acceptors (Lipinski definition) is 5. The van der Waals surface area contributed by atoms with Crippen molar-refractivity contribution in [1.82, 2.24) is 15.3 Å². The van der Waals surface area contributed by atoms with Crippen LogP contribution in [0.4, 0.5) is 0 Å². The molecule has 0 radical (unpaired) electrons. The standard InChI is InChI=1S/C12H13N5O2/c13-11(17-19)5-6-14-12(18)10-7-15-8-3-1-2-4-9(8)16-10/h1-4,7,19H,5-6H2,(H2,13,17)(H,14,18). The van der Waals surface area contributed by atoms with Crippen molar-refractivity contribution in [1.29, 1.82) is 0 Å². The number of fused-ring (bicyclic) bond motifs is 1. The number of carbonyl (C=O) groups is 1. The Kier molecular flexibility index (Phi) is 3.87. The summed E-state index contributed by atoms with van der Waals surface area (Å²) < 4.78 is 0. The van der Waals surface area contributed by atoms with Crippen molar-refractivity contribution < 1.29 is 10.0 Å². The van der Waals surface area contributed by atoms with Crippen LogP contribution in [0.1, 0.15) is 16.9 Å². The molecule has 4 N–H and O–H groups in total. The maximum atomic E-state index is 11.8. The molecular weight excluding hydrogens is 246 g/mol. The van der Waals surface area contributed by atoms with Crippen molar-refractivity contribution >= 4 is 22.8 Å². The molecule has 2 aromatic rings. The molecule has 19 heavy (non-hydrogen) atoms. The molecule has 1 amide bonds. The number of rotatable bonds is 4. The lowest BCUT2D eigenvalue weighted by atomic mass is 10.3. The van der Waals surface area contributed by atoms with Gasteiger partial charge in [0.05, 0.1) is 17.2 Å². The van der Waals surface area contributed by atoms with E-state index >= 15 is 0 Å². The predicted molar refractivity (Wildman–Crippen MR) is 69.9 cm³/mol. The Balaban J connectivity index is 2.05. The van der Waals surface area contributed by atoms with Crippen LogP contribution in [0.3, 0.4) is 0 Å². The van der Waals surface area contributed by atoms with Crippen molar-refractivity contribution in [3.8, 4) is 0 Å². The van der Waals surface area contributed by atoms with Crippen molar-refractivity contribution in [2.75, 3.05) is 6.54 Å². The van der Waals surface area contributed by atoms with Gasteiger partial charge in [-0.2, -0.15) is 0 Å². The Bertz CT molecular complexity index is 626. The summed E-state index contributed by atoms with van der Waals surface area (Å²) in [6.07, 6.45) is 1.68. The summed E-state index contributed by atoms with van der Waals surface area (Å²) in [7, 11) is 0. The Labute approximate surface area is 109 Å². The van der Waals surface area contributed by atoms with E-state index in [9.17, 15) is 4.79 Å². The summed E-state index contributed by atoms with van der Waals surface area (Å²) in [5.74, 6) is -0.283. The lowest BCUT2D eigenvalue weighted by molar-refractivity contribution is 0.0949. The van der Waals surface area contributed by atoms with Crippen molar-refractivity contribution in [2.45, 2.75) is 6.42 Å². The summed E-state index contributed by atoms with van der Waals surface area (Å²) >= 11 is 0. The second-order valence-electron chi connectivity index (χ2n) is 3.84. The van der Waals surface area contributed by atoms with Gasteiger partial charge in [-0.25, -0.2) is 4.98 Å². The van der Waals surface area contributed by atoms with Gasteiger partial charge < -0.3 is 16.3 Å². The second kappa shape index (κ2) is 5.76. The Morgan fingerprint density at radius 2 is 2.11 bits per heavy atom. The Hall–Kier alpha value is -2.70. The average Bonchev–Trinajstić information content (AvgIpc) is 2.46. The topological polar surface area (TPSA) is 113 Å². The molecule has 1 aromatic heterocycles. The van der Waals surface area contributed by atoms with Crippen molar-refractivity contribution in [2.24, 2.45) is 10.9 Å². The van der Waals surface area contributed by atoms with E-state index in [0.717, 1.165) is 5.52 Å². The molecule has 0 saturated carbocycles. The normalized spacial score (nSPS) is 11.5. The molecule has 7 nitrogen and oxygen atoms in total. The largest absolute Gasteiger partial charge is 0.409 e. The lowest BCUT2D eigenvalue weighted by Crippen LogP contribution is -2.28. The molecule has 0 bridgehead atoms. The van der Waals surface area contributed by atoms with E-state index in [4.69, 9.17) is 10.9 Å². The molecule has 0 saturated heterocycles. The van der Waals surface area contributed by atoms with E-state index < -0.39 is 0 Å². The number of hydrogen-bond donors (Lipinski definition) is 3. The molecule has 0 atom stereocenters. The highest BCUT2D eigenvalue weighted by Gasteiger charge is 2.08. The number of nitrogens with one attached hydrogen (secondary N) is 1. The highest BCUT2D eigenvalue weighted by atomic mass is 16.4. The third-order valence-electron chi connectivity index (χ3n) is 2.48. The number of aromatic nitrogens is 2. The first kappa shape index (κ1) is 12.7. The van der Waals surface area contributed by atoms with Crippen LogP contribution in [-0.4, -0.2) is 33.5 Å². The summed E-state index contributed by atoms with van der Waals surface area (Å²) in [5, 5.41) is 13.8. The Morgan fingerprint density at radius 1 is 1.37 bits per heavy atom. The molecule has 2 rings (SSSR count). The molecule has 1 aromatic carbocycles. The van der Waals surface area contributed by atoms with Gasteiger partial charge in [-0.3, -0.25) is 9.78 Å². The fourth-order valence-corrected chi connectivity index (χ4v) is 1.51. The third-order valence-corrected chi connectivity index (χ3v) is 2.48. The van der Waals surface area contributed by atoms with Gasteiger partial charge >= 0.3 is 0 Å². The van der Waals surface area contributed by atoms with Gasteiger partial charge in [-0.05, 0) is 12.1 Å². The highest BCUT2D eigenvalue weighted by Crippen LogP contribution is 2.08. The molecule has 7 heteroatoms.